The maximum absolute atomic E-state index is 13.3. The molecule has 4 aromatic rings. The Morgan fingerprint density at radius 1 is 1.09 bits per heavy atom. The number of hydrogen-bond donors (Lipinski definition) is 3. The lowest BCUT2D eigenvalue weighted by Crippen LogP contribution is -2.44. The number of H-pyrrole nitrogens is 1. The summed E-state index contributed by atoms with van der Waals surface area (Å²) >= 11 is 0. The number of carbonyl (C=O) groups is 2. The molecule has 1 aromatic heterocycles. The number of aromatic amines is 1. The van der Waals surface area contributed by atoms with Crippen LogP contribution in [0.15, 0.2) is 72.8 Å². The van der Waals surface area contributed by atoms with Crippen LogP contribution in [0.25, 0.3) is 11.0 Å². The van der Waals surface area contributed by atoms with Gasteiger partial charge in [0.2, 0.25) is 5.91 Å². The molecular weight excluding hydrogens is 428 g/mol. The zero-order valence-corrected chi connectivity index (χ0v) is 18.3. The Bertz CT molecular complexity index is 1470. The Morgan fingerprint density at radius 2 is 1.85 bits per heavy atom. The predicted octanol–water partition coefficient (Wildman–Crippen LogP) is 3.03. The summed E-state index contributed by atoms with van der Waals surface area (Å²) < 4.78 is 0. The van der Waals surface area contributed by atoms with Crippen molar-refractivity contribution in [3.63, 3.8) is 0 Å². The van der Waals surface area contributed by atoms with Crippen molar-refractivity contribution in [2.75, 3.05) is 0 Å². The lowest BCUT2D eigenvalue weighted by atomic mass is 9.93. The van der Waals surface area contributed by atoms with Gasteiger partial charge in [-0.25, -0.2) is 4.98 Å². The fourth-order valence-corrected chi connectivity index (χ4v) is 4.29. The van der Waals surface area contributed by atoms with E-state index in [2.05, 4.69) is 21.8 Å². The highest BCUT2D eigenvalue weighted by Crippen LogP contribution is 2.43. The van der Waals surface area contributed by atoms with Gasteiger partial charge in [0.1, 0.15) is 0 Å². The first-order chi connectivity index (χ1) is 16.5. The van der Waals surface area contributed by atoms with Crippen molar-refractivity contribution in [1.29, 1.82) is 0 Å². The average Bonchev–Trinajstić information content (AvgIpc) is 3.35. The van der Waals surface area contributed by atoms with Gasteiger partial charge in [-0.2, -0.15) is 0 Å². The molecule has 0 aliphatic carbocycles. The van der Waals surface area contributed by atoms with E-state index >= 15 is 0 Å². The molecule has 0 fully saturated rings. The van der Waals surface area contributed by atoms with E-state index in [-0.39, 0.29) is 18.9 Å². The van der Waals surface area contributed by atoms with Crippen LogP contribution in [0.4, 0.5) is 0 Å². The van der Waals surface area contributed by atoms with Gasteiger partial charge in [-0.15, -0.1) is 0 Å². The van der Waals surface area contributed by atoms with Gasteiger partial charge in [0.15, 0.2) is 11.5 Å². The smallest absolute Gasteiger partial charge is 0.257 e. The average molecular weight is 450 g/mol. The van der Waals surface area contributed by atoms with Crippen LogP contribution in [0.3, 0.4) is 0 Å². The Hall–Kier alpha value is -4.41. The summed E-state index contributed by atoms with van der Waals surface area (Å²) in [5.41, 5.74) is 7.35. The monoisotopic (exact) mass is 450 g/mol. The van der Waals surface area contributed by atoms with Gasteiger partial charge in [0.25, 0.3) is 5.91 Å². The normalized spacial score (nSPS) is 16.9. The van der Waals surface area contributed by atoms with Crippen LogP contribution in [0.2, 0.25) is 0 Å². The fourth-order valence-electron chi connectivity index (χ4n) is 4.29. The van der Waals surface area contributed by atoms with E-state index < -0.39 is 11.6 Å². The van der Waals surface area contributed by atoms with Gasteiger partial charge in [-0.05, 0) is 29.7 Å². The van der Waals surface area contributed by atoms with Crippen molar-refractivity contribution >= 4 is 22.8 Å². The molecule has 2 heterocycles. The number of nitrogens with two attached hydrogens (primary N) is 1. The van der Waals surface area contributed by atoms with E-state index in [1.807, 2.05) is 36.4 Å². The maximum Gasteiger partial charge on any atom is 0.257 e. The highest BCUT2D eigenvalue weighted by Gasteiger charge is 2.49. The molecule has 3 aromatic carbocycles. The molecule has 0 radical (unpaired) electrons. The quantitative estimate of drug-likeness (QED) is 0.406. The van der Waals surface area contributed by atoms with Crippen LogP contribution in [-0.2, 0) is 17.1 Å². The van der Waals surface area contributed by atoms with E-state index in [9.17, 15) is 14.7 Å². The van der Waals surface area contributed by atoms with Crippen LogP contribution >= 0.6 is 0 Å². The molecule has 7 heteroatoms. The van der Waals surface area contributed by atoms with E-state index in [4.69, 9.17) is 5.73 Å². The Morgan fingerprint density at radius 3 is 2.65 bits per heavy atom. The van der Waals surface area contributed by atoms with E-state index in [0.717, 1.165) is 5.56 Å². The number of carbonyl (C=O) groups excluding carboxylic acids is 2. The lowest BCUT2D eigenvalue weighted by molar-refractivity contribution is -0.117. The number of rotatable bonds is 5. The van der Waals surface area contributed by atoms with Gasteiger partial charge in [0.05, 0.1) is 11.0 Å². The van der Waals surface area contributed by atoms with Crippen LogP contribution in [-0.4, -0.2) is 31.8 Å². The summed E-state index contributed by atoms with van der Waals surface area (Å²) in [5.74, 6) is 5.60. The summed E-state index contributed by atoms with van der Waals surface area (Å²) in [6.07, 6.45) is 0.541. The number of imidazole rings is 1. The maximum atomic E-state index is 13.3. The van der Waals surface area contributed by atoms with Crippen LogP contribution in [0.1, 0.15) is 45.7 Å². The van der Waals surface area contributed by atoms with Gasteiger partial charge >= 0.3 is 0 Å². The van der Waals surface area contributed by atoms with Crippen LogP contribution < -0.4 is 5.73 Å². The Labute approximate surface area is 196 Å². The second-order valence-corrected chi connectivity index (χ2v) is 8.18. The lowest BCUT2D eigenvalue weighted by Gasteiger charge is -2.35. The molecule has 0 saturated heterocycles. The summed E-state index contributed by atoms with van der Waals surface area (Å²) in [7, 11) is 0. The molecule has 1 atom stereocenters. The first kappa shape index (κ1) is 21.4. The molecule has 1 unspecified atom stereocenters. The first-order valence-electron chi connectivity index (χ1n) is 10.9. The third kappa shape index (κ3) is 3.70. The van der Waals surface area contributed by atoms with Gasteiger partial charge in [-0.3, -0.25) is 14.5 Å². The third-order valence-electron chi connectivity index (χ3n) is 5.94. The zero-order chi connectivity index (χ0) is 23.7. The molecular formula is C27H22N4O3. The number of aliphatic hydroxyl groups is 1. The van der Waals surface area contributed by atoms with Crippen molar-refractivity contribution in [1.82, 2.24) is 14.9 Å². The molecule has 0 spiro atoms. The summed E-state index contributed by atoms with van der Waals surface area (Å²) in [6.45, 7) is 0.252. The summed E-state index contributed by atoms with van der Waals surface area (Å²) in [5, 5.41) is 12.1. The predicted molar refractivity (Wildman–Crippen MR) is 127 cm³/mol. The van der Waals surface area contributed by atoms with Gasteiger partial charge < -0.3 is 15.8 Å². The minimum absolute atomic E-state index is 0.190. The zero-order valence-electron chi connectivity index (χ0n) is 18.3. The van der Waals surface area contributed by atoms with Crippen molar-refractivity contribution in [2.24, 2.45) is 5.73 Å². The minimum Gasteiger partial charge on any atom is -0.370 e. The number of nitrogens with zero attached hydrogens (tertiary/aromatic N) is 2. The highest BCUT2D eigenvalue weighted by molar-refractivity contribution is 6.00. The molecule has 1 aliphatic rings. The number of benzene rings is 3. The second kappa shape index (κ2) is 8.50. The van der Waals surface area contributed by atoms with Crippen molar-refractivity contribution in [2.45, 2.75) is 25.1 Å². The Balaban J connectivity index is 1.55. The van der Waals surface area contributed by atoms with Crippen molar-refractivity contribution in [3.05, 3.63) is 101 Å². The van der Waals surface area contributed by atoms with E-state index in [1.54, 1.807) is 36.4 Å². The number of fused-ring (bicyclic) bond motifs is 2. The van der Waals surface area contributed by atoms with E-state index in [1.165, 1.54) is 4.90 Å². The van der Waals surface area contributed by atoms with Crippen LogP contribution in [0, 0.1) is 11.8 Å². The standard InChI is InChI=1S/C27H22N4O3/c28-24(32)12-6-7-13-25-29-22-15-14-19(16-23(22)30-25)27(34)21-11-5-4-10-20(21)26(33)31(27)17-18-8-2-1-3-9-18/h1-5,8-11,14-16,34H,6,12,17H2,(H2,28,32)(H,29,30). The van der Waals surface area contributed by atoms with Crippen LogP contribution in [0.5, 0.6) is 0 Å². The van der Waals surface area contributed by atoms with Crippen molar-refractivity contribution in [3.8, 4) is 11.8 Å². The highest BCUT2D eigenvalue weighted by atomic mass is 16.3. The molecule has 168 valence electrons. The molecule has 5 rings (SSSR count). The first-order valence-corrected chi connectivity index (χ1v) is 10.9. The van der Waals surface area contributed by atoms with E-state index in [0.29, 0.717) is 40.0 Å². The van der Waals surface area contributed by atoms with Gasteiger partial charge in [0, 0.05) is 36.1 Å². The molecule has 34 heavy (non-hydrogen) atoms. The molecule has 0 bridgehead atoms. The number of primary amides is 1. The number of amides is 2. The van der Waals surface area contributed by atoms with Gasteiger partial charge in [-0.1, -0.05) is 60.5 Å². The Kier molecular flexibility index (Phi) is 5.36. The minimum atomic E-state index is -1.64. The number of nitrogens with one attached hydrogen (secondary N) is 1. The summed E-state index contributed by atoms with van der Waals surface area (Å²) in [6, 6.07) is 22.1. The molecule has 1 aliphatic heterocycles. The fraction of sp³-hybridized carbons (Fsp3) is 0.148. The van der Waals surface area contributed by atoms with Crippen molar-refractivity contribution < 1.29 is 14.7 Å². The summed E-state index contributed by atoms with van der Waals surface area (Å²) in [4.78, 5) is 33.3. The molecule has 0 saturated carbocycles. The molecule has 7 nitrogen and oxygen atoms in total. The second-order valence-electron chi connectivity index (χ2n) is 8.18. The largest absolute Gasteiger partial charge is 0.370 e. The number of hydrogen-bond acceptors (Lipinski definition) is 4. The molecule has 4 N–H and O–H groups in total. The molecule has 2 amide bonds. The SMILES string of the molecule is NC(=O)CCC#Cc1nc2ccc(C3(O)c4ccccc4C(=O)N3Cc3ccccc3)cc2[nH]1. The third-order valence-corrected chi connectivity index (χ3v) is 5.94. The topological polar surface area (TPSA) is 112 Å². The number of aromatic nitrogens is 2.